The zero-order valence-electron chi connectivity index (χ0n) is 37.4. The number of hydrogen-bond donors (Lipinski definition) is 3. The van der Waals surface area contributed by atoms with Gasteiger partial charge in [-0.05, 0) is 57.8 Å². The van der Waals surface area contributed by atoms with Crippen LogP contribution in [0.5, 0.6) is 0 Å². The summed E-state index contributed by atoms with van der Waals surface area (Å²) in [4.78, 5) is 24.4. The summed E-state index contributed by atoms with van der Waals surface area (Å²) in [5, 5.41) is 22.9. The third-order valence-electron chi connectivity index (χ3n) is 11.2. The number of nitrogens with one attached hydrogen (secondary N) is 1. The maximum absolute atomic E-state index is 12.4. The first-order chi connectivity index (χ1) is 27.5. The van der Waals surface area contributed by atoms with Crippen LogP contribution in [-0.2, 0) is 14.3 Å². The zero-order valence-corrected chi connectivity index (χ0v) is 37.4. The molecule has 2 atom stereocenters. The molecule has 6 nitrogen and oxygen atoms in total. The van der Waals surface area contributed by atoms with Gasteiger partial charge in [-0.15, -0.1) is 0 Å². The summed E-state index contributed by atoms with van der Waals surface area (Å²) in [5.41, 5.74) is 0. The SMILES string of the molecule is CCCCCCCC/C=C\CCCCCCCCCCCC(=O)OCCCCCCCCCCCC(=O)NC(CO)C(O)/C=C/CCCCCCCCCCC. The van der Waals surface area contributed by atoms with Crippen molar-refractivity contribution in [2.24, 2.45) is 0 Å². The fourth-order valence-electron chi connectivity index (χ4n) is 7.39. The third kappa shape index (κ3) is 42.0. The van der Waals surface area contributed by atoms with E-state index in [1.54, 1.807) is 6.08 Å². The number of hydrogen-bond acceptors (Lipinski definition) is 5. The molecule has 0 fully saturated rings. The van der Waals surface area contributed by atoms with Crippen molar-refractivity contribution in [1.82, 2.24) is 5.32 Å². The lowest BCUT2D eigenvalue weighted by atomic mass is 10.1. The summed E-state index contributed by atoms with van der Waals surface area (Å²) in [6.45, 7) is 4.82. The van der Waals surface area contributed by atoms with E-state index in [4.69, 9.17) is 4.74 Å². The first-order valence-corrected chi connectivity index (χ1v) is 24.6. The van der Waals surface area contributed by atoms with Crippen molar-refractivity contribution < 1.29 is 24.5 Å². The number of rotatable bonds is 45. The fraction of sp³-hybridized carbons (Fsp3) is 0.880. The van der Waals surface area contributed by atoms with Crippen molar-refractivity contribution in [1.29, 1.82) is 0 Å². The van der Waals surface area contributed by atoms with Crippen LogP contribution < -0.4 is 5.32 Å². The zero-order chi connectivity index (χ0) is 40.8. The summed E-state index contributed by atoms with van der Waals surface area (Å²) in [5.74, 6) is -0.126. The van der Waals surface area contributed by atoms with E-state index in [1.165, 1.54) is 173 Å². The molecule has 0 aromatic rings. The van der Waals surface area contributed by atoms with Gasteiger partial charge in [0.2, 0.25) is 5.91 Å². The lowest BCUT2D eigenvalue weighted by Gasteiger charge is -2.20. The average Bonchev–Trinajstić information content (AvgIpc) is 3.20. The number of carbonyl (C=O) groups excluding carboxylic acids is 2. The second-order valence-corrected chi connectivity index (χ2v) is 16.8. The molecule has 0 aromatic heterocycles. The van der Waals surface area contributed by atoms with Crippen LogP contribution in [0.25, 0.3) is 0 Å². The number of carbonyl (C=O) groups is 2. The Balaban J connectivity index is 3.48. The number of aliphatic hydroxyl groups excluding tert-OH is 2. The van der Waals surface area contributed by atoms with Crippen molar-refractivity contribution in [3.05, 3.63) is 24.3 Å². The maximum Gasteiger partial charge on any atom is 0.305 e. The summed E-state index contributed by atoms with van der Waals surface area (Å²) in [6, 6.07) is -0.646. The van der Waals surface area contributed by atoms with Gasteiger partial charge in [0.25, 0.3) is 0 Å². The smallest absolute Gasteiger partial charge is 0.305 e. The molecule has 2 unspecified atom stereocenters. The first-order valence-electron chi connectivity index (χ1n) is 24.6. The summed E-state index contributed by atoms with van der Waals surface area (Å²) in [7, 11) is 0. The molecular formula is C50H95NO5. The Hall–Kier alpha value is -1.66. The van der Waals surface area contributed by atoms with Crippen molar-refractivity contribution in [2.45, 2.75) is 270 Å². The average molecular weight is 790 g/mol. The molecule has 0 aliphatic heterocycles. The molecule has 0 saturated carbocycles. The van der Waals surface area contributed by atoms with Gasteiger partial charge >= 0.3 is 5.97 Å². The van der Waals surface area contributed by atoms with Crippen molar-refractivity contribution >= 4 is 11.9 Å². The minimum absolute atomic E-state index is 0.0285. The van der Waals surface area contributed by atoms with Gasteiger partial charge in [0.15, 0.2) is 0 Å². The van der Waals surface area contributed by atoms with Gasteiger partial charge in [-0.1, -0.05) is 212 Å². The summed E-state index contributed by atoms with van der Waals surface area (Å²) < 4.78 is 5.45. The van der Waals surface area contributed by atoms with Gasteiger partial charge in [0.05, 0.1) is 25.4 Å². The van der Waals surface area contributed by atoms with Crippen molar-refractivity contribution in [3.8, 4) is 0 Å². The van der Waals surface area contributed by atoms with Crippen LogP contribution in [0.15, 0.2) is 24.3 Å². The van der Waals surface area contributed by atoms with E-state index in [-0.39, 0.29) is 18.5 Å². The maximum atomic E-state index is 12.4. The molecule has 0 aliphatic carbocycles. The highest BCUT2D eigenvalue weighted by Crippen LogP contribution is 2.15. The highest BCUT2D eigenvalue weighted by atomic mass is 16.5. The standard InChI is InChI=1S/C50H95NO5/c1-3-5-7-9-11-13-15-16-17-18-19-20-21-22-24-28-32-36-40-44-50(55)56-45-41-37-33-29-25-27-31-35-39-43-49(54)51-47(46-52)48(53)42-38-34-30-26-23-14-12-10-8-6-4-2/h16-17,38,42,47-48,52-53H,3-15,18-37,39-41,43-46H2,1-2H3,(H,51,54)/b17-16-,42-38+. The van der Waals surface area contributed by atoms with Crippen LogP contribution in [0, 0.1) is 0 Å². The van der Waals surface area contributed by atoms with E-state index in [1.807, 2.05) is 6.08 Å². The molecule has 0 saturated heterocycles. The predicted octanol–water partition coefficient (Wildman–Crippen LogP) is 14.3. The normalized spacial score (nSPS) is 12.9. The number of esters is 1. The minimum atomic E-state index is -0.860. The second-order valence-electron chi connectivity index (χ2n) is 16.8. The predicted molar refractivity (Wildman–Crippen MR) is 241 cm³/mol. The number of allylic oxidation sites excluding steroid dienone is 3. The Bertz CT molecular complexity index is 874. The van der Waals surface area contributed by atoms with Crippen LogP contribution in [0.4, 0.5) is 0 Å². The Labute approximate surface area is 348 Å². The molecule has 0 heterocycles. The molecule has 0 spiro atoms. The Morgan fingerprint density at radius 3 is 1.27 bits per heavy atom. The highest BCUT2D eigenvalue weighted by molar-refractivity contribution is 5.76. The molecular weight excluding hydrogens is 695 g/mol. The van der Waals surface area contributed by atoms with Crippen LogP contribution in [0.1, 0.15) is 258 Å². The lowest BCUT2D eigenvalue weighted by molar-refractivity contribution is -0.143. The van der Waals surface area contributed by atoms with Gasteiger partial charge in [-0.3, -0.25) is 9.59 Å². The third-order valence-corrected chi connectivity index (χ3v) is 11.2. The van der Waals surface area contributed by atoms with Gasteiger partial charge in [-0.25, -0.2) is 0 Å². The van der Waals surface area contributed by atoms with Gasteiger partial charge in [0.1, 0.15) is 0 Å². The topological polar surface area (TPSA) is 95.9 Å². The Kier molecular flexibility index (Phi) is 44.7. The largest absolute Gasteiger partial charge is 0.466 e. The van der Waals surface area contributed by atoms with E-state index in [9.17, 15) is 19.8 Å². The van der Waals surface area contributed by atoms with Crippen LogP contribution >= 0.6 is 0 Å². The van der Waals surface area contributed by atoms with E-state index < -0.39 is 12.1 Å². The fourth-order valence-corrected chi connectivity index (χ4v) is 7.39. The number of amides is 1. The molecule has 3 N–H and O–H groups in total. The van der Waals surface area contributed by atoms with E-state index in [0.717, 1.165) is 57.8 Å². The van der Waals surface area contributed by atoms with E-state index in [0.29, 0.717) is 19.4 Å². The molecule has 0 rings (SSSR count). The quantitative estimate of drug-likeness (QED) is 0.0324. The van der Waals surface area contributed by atoms with Crippen molar-refractivity contribution in [3.63, 3.8) is 0 Å². The Morgan fingerprint density at radius 1 is 0.482 bits per heavy atom. The molecule has 56 heavy (non-hydrogen) atoms. The first kappa shape index (κ1) is 54.3. The molecule has 0 aliphatic rings. The highest BCUT2D eigenvalue weighted by Gasteiger charge is 2.18. The second kappa shape index (κ2) is 46.0. The molecule has 0 radical (unpaired) electrons. The minimum Gasteiger partial charge on any atom is -0.466 e. The van der Waals surface area contributed by atoms with Crippen LogP contribution in [0.3, 0.4) is 0 Å². The lowest BCUT2D eigenvalue weighted by Crippen LogP contribution is -2.45. The molecule has 0 bridgehead atoms. The molecule has 6 heteroatoms. The van der Waals surface area contributed by atoms with E-state index >= 15 is 0 Å². The van der Waals surface area contributed by atoms with Crippen LogP contribution in [-0.4, -0.2) is 47.4 Å². The Morgan fingerprint density at radius 2 is 0.839 bits per heavy atom. The number of ether oxygens (including phenoxy) is 1. The number of aliphatic hydroxyl groups is 2. The summed E-state index contributed by atoms with van der Waals surface area (Å²) >= 11 is 0. The van der Waals surface area contributed by atoms with E-state index in [2.05, 4.69) is 31.3 Å². The summed E-state index contributed by atoms with van der Waals surface area (Å²) in [6.07, 6.45) is 53.1. The van der Waals surface area contributed by atoms with Gasteiger partial charge < -0.3 is 20.3 Å². The molecule has 330 valence electrons. The van der Waals surface area contributed by atoms with Gasteiger partial charge in [-0.2, -0.15) is 0 Å². The molecule has 1 amide bonds. The van der Waals surface area contributed by atoms with Crippen LogP contribution in [0.2, 0.25) is 0 Å². The molecule has 0 aromatic carbocycles. The van der Waals surface area contributed by atoms with Crippen molar-refractivity contribution in [2.75, 3.05) is 13.2 Å². The number of unbranched alkanes of at least 4 members (excludes halogenated alkanes) is 32. The monoisotopic (exact) mass is 790 g/mol. The van der Waals surface area contributed by atoms with Gasteiger partial charge in [0, 0.05) is 12.8 Å².